The number of likely N-dealkylation sites (tertiary alicyclic amines) is 2. The van der Waals surface area contributed by atoms with Crippen LogP contribution in [0.3, 0.4) is 0 Å². The van der Waals surface area contributed by atoms with Crippen LogP contribution in [0.5, 0.6) is 0 Å². The van der Waals surface area contributed by atoms with Crippen molar-refractivity contribution in [2.24, 2.45) is 11.8 Å². The lowest BCUT2D eigenvalue weighted by atomic mass is 9.90. The first-order chi connectivity index (χ1) is 9.97. The van der Waals surface area contributed by atoms with Gasteiger partial charge in [-0.3, -0.25) is 14.4 Å². The van der Waals surface area contributed by atoms with E-state index in [0.29, 0.717) is 26.2 Å². The molecule has 6 nitrogen and oxygen atoms in total. The van der Waals surface area contributed by atoms with Crippen molar-refractivity contribution in [2.75, 3.05) is 26.2 Å². The highest BCUT2D eigenvalue weighted by molar-refractivity contribution is 5.80. The Balaban J connectivity index is 1.77. The third kappa shape index (κ3) is 4.19. The van der Waals surface area contributed by atoms with Crippen molar-refractivity contribution in [2.45, 2.75) is 39.0 Å². The lowest BCUT2D eigenvalue weighted by molar-refractivity contribution is -0.142. The van der Waals surface area contributed by atoms with Gasteiger partial charge in [0.05, 0.1) is 0 Å². The first-order valence-corrected chi connectivity index (χ1v) is 7.73. The summed E-state index contributed by atoms with van der Waals surface area (Å²) in [4.78, 5) is 38.1. The summed E-state index contributed by atoms with van der Waals surface area (Å²) in [6.45, 7) is 4.24. The van der Waals surface area contributed by atoms with E-state index in [1.165, 1.54) is 0 Å². The van der Waals surface area contributed by atoms with Gasteiger partial charge in [-0.1, -0.05) is 0 Å². The van der Waals surface area contributed by atoms with Crippen LogP contribution < -0.4 is 0 Å². The average Bonchev–Trinajstić information content (AvgIpc) is 2.47. The van der Waals surface area contributed by atoms with Gasteiger partial charge in [0.1, 0.15) is 0 Å². The van der Waals surface area contributed by atoms with Gasteiger partial charge in [0, 0.05) is 45.4 Å². The predicted octanol–water partition coefficient (Wildman–Crippen LogP) is 0.958. The van der Waals surface area contributed by atoms with E-state index >= 15 is 0 Å². The zero-order valence-corrected chi connectivity index (χ0v) is 12.6. The van der Waals surface area contributed by atoms with Crippen LogP contribution in [0.2, 0.25) is 0 Å². The van der Waals surface area contributed by atoms with E-state index in [-0.39, 0.29) is 30.1 Å². The Morgan fingerprint density at radius 3 is 1.95 bits per heavy atom. The highest BCUT2D eigenvalue weighted by Crippen LogP contribution is 2.25. The molecule has 1 N–H and O–H groups in total. The number of carbonyl (C=O) groups is 3. The maximum Gasteiger partial charge on any atom is 0.303 e. The van der Waals surface area contributed by atoms with Crippen molar-refractivity contribution in [3.63, 3.8) is 0 Å². The second kappa shape index (κ2) is 6.91. The Morgan fingerprint density at radius 1 is 0.952 bits per heavy atom. The van der Waals surface area contributed by atoms with Crippen molar-refractivity contribution in [1.82, 2.24) is 9.80 Å². The molecule has 6 heteroatoms. The molecule has 21 heavy (non-hydrogen) atoms. The van der Waals surface area contributed by atoms with Gasteiger partial charge in [0.25, 0.3) is 0 Å². The number of piperidine rings is 2. The fraction of sp³-hybridized carbons (Fsp3) is 0.800. The zero-order chi connectivity index (χ0) is 15.4. The molecule has 0 unspecified atom stereocenters. The summed E-state index contributed by atoms with van der Waals surface area (Å²) >= 11 is 0. The van der Waals surface area contributed by atoms with Gasteiger partial charge in [0.2, 0.25) is 11.8 Å². The SMILES string of the molecule is CC(=O)N1CCC(C(=O)N2CCC(CC(=O)O)CC2)CC1. The van der Waals surface area contributed by atoms with Crippen molar-refractivity contribution >= 4 is 17.8 Å². The largest absolute Gasteiger partial charge is 0.481 e. The van der Waals surface area contributed by atoms with Crippen molar-refractivity contribution in [3.8, 4) is 0 Å². The molecule has 2 amide bonds. The maximum atomic E-state index is 12.5. The van der Waals surface area contributed by atoms with Crippen LogP contribution in [0.1, 0.15) is 39.0 Å². The molecular weight excluding hydrogens is 272 g/mol. The third-order valence-electron chi connectivity index (χ3n) is 4.68. The van der Waals surface area contributed by atoms with Crippen LogP contribution >= 0.6 is 0 Å². The second-order valence-corrected chi connectivity index (χ2v) is 6.15. The van der Waals surface area contributed by atoms with E-state index in [1.54, 1.807) is 11.8 Å². The lowest BCUT2D eigenvalue weighted by Gasteiger charge is -2.36. The molecule has 2 fully saturated rings. The van der Waals surface area contributed by atoms with Gasteiger partial charge < -0.3 is 14.9 Å². The normalized spacial score (nSPS) is 21.4. The number of hydrogen-bond donors (Lipinski definition) is 1. The minimum atomic E-state index is -0.753. The van der Waals surface area contributed by atoms with Gasteiger partial charge in [-0.2, -0.15) is 0 Å². The van der Waals surface area contributed by atoms with E-state index in [0.717, 1.165) is 25.7 Å². The Hall–Kier alpha value is -1.59. The molecular formula is C15H24N2O4. The molecule has 2 heterocycles. The van der Waals surface area contributed by atoms with E-state index in [4.69, 9.17) is 5.11 Å². The van der Waals surface area contributed by atoms with Crippen LogP contribution in [0.25, 0.3) is 0 Å². The van der Waals surface area contributed by atoms with Gasteiger partial charge in [0.15, 0.2) is 0 Å². The van der Waals surface area contributed by atoms with Gasteiger partial charge in [-0.05, 0) is 31.6 Å². The number of hydrogen-bond acceptors (Lipinski definition) is 3. The molecule has 0 aromatic rings. The minimum absolute atomic E-state index is 0.0247. The maximum absolute atomic E-state index is 12.5. The number of amides is 2. The number of nitrogens with zero attached hydrogens (tertiary/aromatic N) is 2. The molecule has 2 aliphatic heterocycles. The first kappa shape index (κ1) is 15.8. The Labute approximate surface area is 125 Å². The monoisotopic (exact) mass is 296 g/mol. The zero-order valence-electron chi connectivity index (χ0n) is 12.6. The summed E-state index contributed by atoms with van der Waals surface area (Å²) in [5.41, 5.74) is 0. The number of carboxylic acid groups (broad SMARTS) is 1. The van der Waals surface area contributed by atoms with E-state index in [9.17, 15) is 14.4 Å². The smallest absolute Gasteiger partial charge is 0.303 e. The fourth-order valence-electron chi connectivity index (χ4n) is 3.30. The third-order valence-corrected chi connectivity index (χ3v) is 4.68. The quantitative estimate of drug-likeness (QED) is 0.841. The van der Waals surface area contributed by atoms with E-state index in [2.05, 4.69) is 0 Å². The molecule has 2 rings (SSSR count). The summed E-state index contributed by atoms with van der Waals surface area (Å²) < 4.78 is 0. The summed E-state index contributed by atoms with van der Waals surface area (Å²) in [7, 11) is 0. The topological polar surface area (TPSA) is 77.9 Å². The second-order valence-electron chi connectivity index (χ2n) is 6.15. The van der Waals surface area contributed by atoms with Crippen molar-refractivity contribution in [1.29, 1.82) is 0 Å². The molecule has 0 aromatic carbocycles. The van der Waals surface area contributed by atoms with E-state index in [1.807, 2.05) is 4.90 Å². The number of carbonyl (C=O) groups excluding carboxylic acids is 2. The lowest BCUT2D eigenvalue weighted by Crippen LogP contribution is -2.46. The molecule has 0 radical (unpaired) electrons. The standard InChI is InChI=1S/C15H24N2O4/c1-11(18)16-8-4-13(5-9-16)15(21)17-6-2-12(3-7-17)10-14(19)20/h12-13H,2-10H2,1H3,(H,19,20). The Morgan fingerprint density at radius 2 is 1.48 bits per heavy atom. The molecule has 2 aliphatic rings. The summed E-state index contributed by atoms with van der Waals surface area (Å²) in [6, 6.07) is 0. The van der Waals surface area contributed by atoms with Crippen molar-refractivity contribution < 1.29 is 19.5 Å². The average molecular weight is 296 g/mol. The highest BCUT2D eigenvalue weighted by atomic mass is 16.4. The van der Waals surface area contributed by atoms with Crippen LogP contribution in [-0.2, 0) is 14.4 Å². The highest BCUT2D eigenvalue weighted by Gasteiger charge is 2.31. The van der Waals surface area contributed by atoms with Crippen LogP contribution in [-0.4, -0.2) is 58.9 Å². The van der Waals surface area contributed by atoms with Gasteiger partial charge >= 0.3 is 5.97 Å². The van der Waals surface area contributed by atoms with Crippen LogP contribution in [0, 0.1) is 11.8 Å². The molecule has 2 saturated heterocycles. The van der Waals surface area contributed by atoms with Gasteiger partial charge in [-0.15, -0.1) is 0 Å². The fourth-order valence-corrected chi connectivity index (χ4v) is 3.30. The molecule has 0 atom stereocenters. The minimum Gasteiger partial charge on any atom is -0.481 e. The predicted molar refractivity (Wildman–Crippen MR) is 76.5 cm³/mol. The summed E-state index contributed by atoms with van der Waals surface area (Å²) in [5.74, 6) is -0.263. The van der Waals surface area contributed by atoms with Gasteiger partial charge in [-0.25, -0.2) is 0 Å². The van der Waals surface area contributed by atoms with Crippen LogP contribution in [0.4, 0.5) is 0 Å². The Kier molecular flexibility index (Phi) is 5.20. The molecule has 118 valence electrons. The van der Waals surface area contributed by atoms with Crippen LogP contribution in [0.15, 0.2) is 0 Å². The summed E-state index contributed by atoms with van der Waals surface area (Å²) in [6.07, 6.45) is 3.26. The number of aliphatic carboxylic acids is 1. The molecule has 0 aliphatic carbocycles. The van der Waals surface area contributed by atoms with E-state index < -0.39 is 5.97 Å². The molecule has 0 aromatic heterocycles. The molecule has 0 saturated carbocycles. The summed E-state index contributed by atoms with van der Waals surface area (Å²) in [5, 5.41) is 8.80. The Bertz CT molecular complexity index is 408. The van der Waals surface area contributed by atoms with Crippen molar-refractivity contribution in [3.05, 3.63) is 0 Å². The number of rotatable bonds is 3. The molecule has 0 spiro atoms. The number of carboxylic acids is 1. The molecule has 0 bridgehead atoms. The first-order valence-electron chi connectivity index (χ1n) is 7.73.